The zero-order valence-corrected chi connectivity index (χ0v) is 14.8. The molecule has 0 aromatic heterocycles. The maximum absolute atomic E-state index is 11.2. The molecule has 122 valence electrons. The van der Waals surface area contributed by atoms with E-state index in [1.165, 1.54) is 10.6 Å². The summed E-state index contributed by atoms with van der Waals surface area (Å²) < 4.78 is 11.2. The van der Waals surface area contributed by atoms with E-state index in [0.717, 1.165) is 5.30 Å². The van der Waals surface area contributed by atoms with Crippen molar-refractivity contribution < 1.29 is 14.4 Å². The van der Waals surface area contributed by atoms with Crippen LogP contribution in [0.4, 0.5) is 0 Å². The summed E-state index contributed by atoms with van der Waals surface area (Å²) in [5, 5.41) is 3.67. The van der Waals surface area contributed by atoms with E-state index < -0.39 is 15.5 Å². The van der Waals surface area contributed by atoms with E-state index in [1.807, 2.05) is 60.7 Å². The monoisotopic (exact) mass is 356 g/mol. The summed E-state index contributed by atoms with van der Waals surface area (Å²) in [6.45, 7) is 0. The predicted octanol–water partition coefficient (Wildman–Crippen LogP) is 3.12. The first-order valence-corrected chi connectivity index (χ1v) is 10.7. The molecule has 0 heterocycles. The van der Waals surface area contributed by atoms with E-state index in [0.29, 0.717) is 5.56 Å². The zero-order chi connectivity index (χ0) is 17.0. The van der Waals surface area contributed by atoms with Crippen molar-refractivity contribution in [1.29, 1.82) is 0 Å². The third-order valence-corrected chi connectivity index (χ3v) is 6.83. The summed E-state index contributed by atoms with van der Waals surface area (Å²) in [5.74, 6) is 0. The van der Waals surface area contributed by atoms with Crippen molar-refractivity contribution in [2.45, 2.75) is 6.16 Å². The van der Waals surface area contributed by atoms with Gasteiger partial charge < -0.3 is 9.79 Å². The molecule has 0 aliphatic carbocycles. The summed E-state index contributed by atoms with van der Waals surface area (Å²) >= 11 is 0. The maximum atomic E-state index is 11.2. The van der Waals surface area contributed by atoms with Crippen molar-refractivity contribution in [3.8, 4) is 0 Å². The molecule has 24 heavy (non-hydrogen) atoms. The zero-order valence-electron chi connectivity index (χ0n) is 13.0. The second-order valence-corrected chi connectivity index (χ2v) is 9.36. The van der Waals surface area contributed by atoms with Crippen molar-refractivity contribution in [2.75, 3.05) is 0 Å². The molecule has 0 amide bonds. The van der Waals surface area contributed by atoms with Crippen LogP contribution >= 0.6 is 15.5 Å². The lowest BCUT2D eigenvalue weighted by molar-refractivity contribution is 0.371. The van der Waals surface area contributed by atoms with Gasteiger partial charge in [0.2, 0.25) is 0 Å². The van der Waals surface area contributed by atoms with Gasteiger partial charge in [0.25, 0.3) is 0 Å². The second kappa shape index (κ2) is 7.42. The van der Waals surface area contributed by atoms with Crippen LogP contribution in [0.15, 0.2) is 84.9 Å². The molecule has 0 saturated carbocycles. The summed E-state index contributed by atoms with van der Waals surface area (Å²) in [6.07, 6.45) is -0.220. The highest BCUT2D eigenvalue weighted by Gasteiger charge is 2.17. The van der Waals surface area contributed by atoms with E-state index in [-0.39, 0.29) is 6.16 Å². The van der Waals surface area contributed by atoms with Crippen LogP contribution in [0, 0.1) is 0 Å². The first-order chi connectivity index (χ1) is 11.5. The Morgan fingerprint density at radius 1 is 0.667 bits per heavy atom. The van der Waals surface area contributed by atoms with Crippen LogP contribution in [0.3, 0.4) is 0 Å². The van der Waals surface area contributed by atoms with Gasteiger partial charge in [0.05, 0.1) is 6.16 Å². The Kier molecular flexibility index (Phi) is 5.28. The molecule has 3 aromatic rings. The molecule has 0 aliphatic rings. The lowest BCUT2D eigenvalue weighted by Crippen LogP contribution is -2.20. The van der Waals surface area contributed by atoms with Crippen LogP contribution in [0.1, 0.15) is 5.56 Å². The van der Waals surface area contributed by atoms with Crippen molar-refractivity contribution in [1.82, 2.24) is 0 Å². The Morgan fingerprint density at radius 2 is 1.08 bits per heavy atom. The first-order valence-electron chi connectivity index (χ1n) is 7.57. The van der Waals surface area contributed by atoms with Crippen LogP contribution in [0.25, 0.3) is 0 Å². The average molecular weight is 356 g/mol. The molecule has 0 spiro atoms. The van der Waals surface area contributed by atoms with Gasteiger partial charge in [-0.3, -0.25) is 4.57 Å². The number of hydrogen-bond donors (Lipinski definition) is 2. The van der Waals surface area contributed by atoms with Crippen LogP contribution < -0.4 is 15.9 Å². The third kappa shape index (κ3) is 4.41. The molecular weight excluding hydrogens is 338 g/mol. The van der Waals surface area contributed by atoms with Crippen LogP contribution in [0.2, 0.25) is 0 Å². The molecule has 0 atom stereocenters. The number of rotatable bonds is 5. The smallest absolute Gasteiger partial charge is 0.324 e. The van der Waals surface area contributed by atoms with Crippen LogP contribution in [-0.2, 0) is 10.7 Å². The van der Waals surface area contributed by atoms with E-state index in [2.05, 4.69) is 24.3 Å². The van der Waals surface area contributed by atoms with Gasteiger partial charge in [-0.15, -0.1) is 0 Å². The molecule has 0 radical (unpaired) electrons. The Balaban J connectivity index is 1.99. The fourth-order valence-electron chi connectivity index (χ4n) is 2.59. The van der Waals surface area contributed by atoms with E-state index in [9.17, 15) is 4.57 Å². The van der Waals surface area contributed by atoms with Gasteiger partial charge in [-0.2, -0.15) is 0 Å². The Bertz CT molecular complexity index is 788. The largest absolute Gasteiger partial charge is 0.329 e. The molecule has 0 unspecified atom stereocenters. The number of benzene rings is 3. The third-order valence-electron chi connectivity index (χ3n) is 3.61. The minimum atomic E-state index is -4.04. The summed E-state index contributed by atoms with van der Waals surface area (Å²) in [6, 6.07) is 28.3. The van der Waals surface area contributed by atoms with Gasteiger partial charge in [0.1, 0.15) is 0 Å². The molecule has 0 saturated heterocycles. The van der Waals surface area contributed by atoms with E-state index in [4.69, 9.17) is 9.79 Å². The van der Waals surface area contributed by atoms with Gasteiger partial charge >= 0.3 is 7.60 Å². The molecule has 5 heteroatoms. The predicted molar refractivity (Wildman–Crippen MR) is 101 cm³/mol. The highest BCUT2D eigenvalue weighted by atomic mass is 31.2. The lowest BCUT2D eigenvalue weighted by Gasteiger charge is -2.19. The first kappa shape index (κ1) is 17.1. The minimum Gasteiger partial charge on any atom is -0.324 e. The molecule has 3 rings (SSSR count). The Labute approximate surface area is 142 Å². The average Bonchev–Trinajstić information content (AvgIpc) is 2.57. The highest BCUT2D eigenvalue weighted by Crippen LogP contribution is 2.39. The fraction of sp³-hybridized carbons (Fsp3) is 0.0526. The Morgan fingerprint density at radius 3 is 1.50 bits per heavy atom. The Hall–Kier alpha value is -1.76. The summed E-state index contributed by atoms with van der Waals surface area (Å²) in [7, 11) is -4.72. The lowest BCUT2D eigenvalue weighted by atomic mass is 10.2. The SMILES string of the molecule is O=P(O)(O)Cc1ccc(P(c2ccccc2)c2ccccc2)cc1. The van der Waals surface area contributed by atoms with E-state index >= 15 is 0 Å². The van der Waals surface area contributed by atoms with Crippen LogP contribution in [-0.4, -0.2) is 9.79 Å². The van der Waals surface area contributed by atoms with Crippen molar-refractivity contribution in [2.24, 2.45) is 0 Å². The van der Waals surface area contributed by atoms with Gasteiger partial charge in [-0.1, -0.05) is 84.9 Å². The number of hydrogen-bond acceptors (Lipinski definition) is 1. The molecular formula is C19H18O3P2. The normalized spacial score (nSPS) is 11.6. The van der Waals surface area contributed by atoms with Gasteiger partial charge in [0.15, 0.2) is 0 Å². The fourth-order valence-corrected chi connectivity index (χ4v) is 5.56. The minimum absolute atomic E-state index is 0.220. The maximum Gasteiger partial charge on any atom is 0.329 e. The highest BCUT2D eigenvalue weighted by molar-refractivity contribution is 7.79. The van der Waals surface area contributed by atoms with Crippen molar-refractivity contribution >= 4 is 31.4 Å². The van der Waals surface area contributed by atoms with Gasteiger partial charge in [-0.25, -0.2) is 0 Å². The molecule has 3 aromatic carbocycles. The van der Waals surface area contributed by atoms with Gasteiger partial charge in [-0.05, 0) is 29.4 Å². The molecule has 3 nitrogen and oxygen atoms in total. The van der Waals surface area contributed by atoms with Crippen molar-refractivity contribution in [3.05, 3.63) is 90.5 Å². The molecule has 2 N–H and O–H groups in total. The van der Waals surface area contributed by atoms with Gasteiger partial charge in [0, 0.05) is 0 Å². The topological polar surface area (TPSA) is 57.5 Å². The summed E-state index contributed by atoms with van der Waals surface area (Å²) in [4.78, 5) is 18.2. The quantitative estimate of drug-likeness (QED) is 0.691. The van der Waals surface area contributed by atoms with Crippen LogP contribution in [0.5, 0.6) is 0 Å². The second-order valence-electron chi connectivity index (χ2n) is 5.50. The standard InChI is InChI=1S/C19H18O3P2/c20-24(21,22)15-16-11-13-19(14-12-16)23(17-7-3-1-4-8-17)18-9-5-2-6-10-18/h1-14H,15H2,(H2,20,21,22). The van der Waals surface area contributed by atoms with E-state index in [1.54, 1.807) is 0 Å². The molecule has 0 fully saturated rings. The molecule has 0 aliphatic heterocycles. The summed E-state index contributed by atoms with van der Waals surface area (Å²) in [5.41, 5.74) is 0.656. The molecule has 0 bridgehead atoms. The van der Waals surface area contributed by atoms with Crippen molar-refractivity contribution in [3.63, 3.8) is 0 Å².